The van der Waals surface area contributed by atoms with Crippen LogP contribution < -0.4 is 9.80 Å². The van der Waals surface area contributed by atoms with Gasteiger partial charge in [-0.25, -0.2) is 0 Å². The molecule has 1 atom stereocenters. The summed E-state index contributed by atoms with van der Waals surface area (Å²) in [7, 11) is 0. The predicted octanol–water partition coefficient (Wildman–Crippen LogP) is 17.2. The molecule has 0 bridgehead atoms. The molecule has 0 saturated carbocycles. The summed E-state index contributed by atoms with van der Waals surface area (Å²) in [6.45, 7) is 0. The predicted molar refractivity (Wildman–Crippen MR) is 284 cm³/mol. The minimum Gasteiger partial charge on any atom is -0.310 e. The third-order valence-corrected chi connectivity index (χ3v) is 14.5. The lowest BCUT2D eigenvalue weighted by molar-refractivity contribution is 0.793. The Kier molecular flexibility index (Phi) is 8.50. The summed E-state index contributed by atoms with van der Waals surface area (Å²) >= 11 is 0. The summed E-state index contributed by atoms with van der Waals surface area (Å²) in [6.07, 6.45) is 0. The zero-order valence-corrected chi connectivity index (χ0v) is 37.2. The Morgan fingerprint density at radius 3 is 1.51 bits per heavy atom. The Labute approximate surface area is 395 Å². The SMILES string of the molecule is c1ccc(N(c2ccccc2)c2ccc3c(c2)C2(c4ccccc4-3)c3ccccc3-c3c2c(N(c2ccccc2)c2ccc4c(c2)c2ccccc2n4-c2ccccc2)cc2ccccc32)cc1. The van der Waals surface area contributed by atoms with Gasteiger partial charge in [0.15, 0.2) is 0 Å². The quantitative estimate of drug-likeness (QED) is 0.158. The Balaban J connectivity index is 1.10. The van der Waals surface area contributed by atoms with Crippen LogP contribution in [0.2, 0.25) is 0 Å². The van der Waals surface area contributed by atoms with E-state index >= 15 is 0 Å². The molecule has 11 aromatic carbocycles. The van der Waals surface area contributed by atoms with Gasteiger partial charge in [0.05, 0.1) is 22.1 Å². The summed E-state index contributed by atoms with van der Waals surface area (Å²) < 4.78 is 2.40. The summed E-state index contributed by atoms with van der Waals surface area (Å²) in [6, 6.07) is 96.2. The normalized spacial score (nSPS) is 14.2. The van der Waals surface area contributed by atoms with E-state index in [1.54, 1.807) is 0 Å². The molecule has 1 aromatic heterocycles. The van der Waals surface area contributed by atoms with E-state index in [-0.39, 0.29) is 0 Å². The van der Waals surface area contributed by atoms with E-state index in [0.717, 1.165) is 39.8 Å². The number of hydrogen-bond acceptors (Lipinski definition) is 2. The van der Waals surface area contributed by atoms with Gasteiger partial charge in [-0.3, -0.25) is 0 Å². The molecule has 1 heterocycles. The topological polar surface area (TPSA) is 11.4 Å². The fourth-order valence-corrected chi connectivity index (χ4v) is 11.9. The summed E-state index contributed by atoms with van der Waals surface area (Å²) in [5, 5.41) is 4.89. The lowest BCUT2D eigenvalue weighted by atomic mass is 9.69. The smallest absolute Gasteiger partial charge is 0.0747 e. The van der Waals surface area contributed by atoms with Crippen molar-refractivity contribution in [3.05, 3.63) is 283 Å². The second-order valence-electron chi connectivity index (χ2n) is 18.0. The van der Waals surface area contributed by atoms with Gasteiger partial charge in [-0.1, -0.05) is 170 Å². The monoisotopic (exact) mass is 865 g/mol. The Bertz CT molecular complexity index is 3870. The molecule has 1 unspecified atom stereocenters. The molecule has 3 nitrogen and oxygen atoms in total. The van der Waals surface area contributed by atoms with Gasteiger partial charge in [-0.15, -0.1) is 0 Å². The van der Waals surface area contributed by atoms with Crippen molar-refractivity contribution in [1.82, 2.24) is 4.57 Å². The molecule has 1 spiro atoms. The van der Waals surface area contributed by atoms with Gasteiger partial charge in [0, 0.05) is 50.5 Å². The number of hydrogen-bond donors (Lipinski definition) is 0. The first-order valence-corrected chi connectivity index (χ1v) is 23.5. The van der Waals surface area contributed by atoms with E-state index < -0.39 is 5.41 Å². The summed E-state index contributed by atoms with van der Waals surface area (Å²) in [5.41, 5.74) is 19.8. The molecule has 0 fully saturated rings. The number of anilines is 6. The Morgan fingerprint density at radius 2 is 0.809 bits per heavy atom. The maximum atomic E-state index is 2.54. The zero-order valence-electron chi connectivity index (χ0n) is 37.2. The highest BCUT2D eigenvalue weighted by molar-refractivity contribution is 6.13. The molecule has 0 radical (unpaired) electrons. The van der Waals surface area contributed by atoms with Gasteiger partial charge in [-0.2, -0.15) is 0 Å². The van der Waals surface area contributed by atoms with E-state index in [9.17, 15) is 0 Å². The molecule has 0 saturated heterocycles. The minimum absolute atomic E-state index is 0.674. The Morgan fingerprint density at radius 1 is 0.309 bits per heavy atom. The van der Waals surface area contributed by atoms with Crippen molar-refractivity contribution in [2.45, 2.75) is 5.41 Å². The minimum atomic E-state index is -0.674. The number of rotatable bonds is 7. The average molecular weight is 866 g/mol. The number of nitrogens with zero attached hydrogens (tertiary/aromatic N) is 3. The van der Waals surface area contributed by atoms with Gasteiger partial charge in [-0.05, 0) is 141 Å². The fraction of sp³-hybridized carbons (Fsp3) is 0.0154. The van der Waals surface area contributed by atoms with E-state index in [2.05, 4.69) is 275 Å². The van der Waals surface area contributed by atoms with Gasteiger partial charge in [0.25, 0.3) is 0 Å². The maximum Gasteiger partial charge on any atom is 0.0747 e. The lowest BCUT2D eigenvalue weighted by Crippen LogP contribution is -2.28. The van der Waals surface area contributed by atoms with Crippen LogP contribution in [-0.2, 0) is 5.41 Å². The highest BCUT2D eigenvalue weighted by Gasteiger charge is 2.54. The molecule has 0 amide bonds. The third-order valence-electron chi connectivity index (χ3n) is 14.5. The summed E-state index contributed by atoms with van der Waals surface area (Å²) in [5.74, 6) is 0. The highest BCUT2D eigenvalue weighted by atomic mass is 15.2. The third kappa shape index (κ3) is 5.47. The number of fused-ring (bicyclic) bond motifs is 15. The van der Waals surface area contributed by atoms with Crippen molar-refractivity contribution < 1.29 is 0 Å². The molecule has 0 N–H and O–H groups in total. The van der Waals surface area contributed by atoms with Crippen molar-refractivity contribution >= 4 is 66.7 Å². The van der Waals surface area contributed by atoms with E-state index in [1.807, 2.05) is 0 Å². The second kappa shape index (κ2) is 15.1. The van der Waals surface area contributed by atoms with E-state index in [0.29, 0.717) is 0 Å². The van der Waals surface area contributed by atoms with Crippen LogP contribution in [0.5, 0.6) is 0 Å². The molecule has 12 aromatic rings. The molecular formula is C65H43N3. The van der Waals surface area contributed by atoms with Crippen molar-refractivity contribution in [2.24, 2.45) is 0 Å². The molecule has 2 aliphatic carbocycles. The average Bonchev–Trinajstić information content (AvgIpc) is 4.02. The highest BCUT2D eigenvalue weighted by Crippen LogP contribution is 2.67. The first-order chi connectivity index (χ1) is 33.8. The molecule has 3 heteroatoms. The van der Waals surface area contributed by atoms with Gasteiger partial charge >= 0.3 is 0 Å². The summed E-state index contributed by atoms with van der Waals surface area (Å²) in [4.78, 5) is 4.94. The van der Waals surface area contributed by atoms with Crippen LogP contribution in [0.1, 0.15) is 22.3 Å². The molecule has 318 valence electrons. The number of benzene rings is 11. The molecule has 0 aliphatic heterocycles. The fourth-order valence-electron chi connectivity index (χ4n) is 11.9. The standard InChI is InChI=1S/C65H43N3/c1-5-22-45(23-6-1)66(46-24-7-2-8-25-46)50-37-39-53-52-31-15-18-34-57(52)65(59(53)43-50)58-35-19-16-33-55(58)63-51-30-14-13-21-44(51)41-62(64(63)65)67(47-26-9-3-10-27-47)49-38-40-61-56(42-49)54-32-17-20-36-60(54)68(61)48-28-11-4-12-29-48/h1-43H. The van der Waals surface area contributed by atoms with Crippen LogP contribution in [0.3, 0.4) is 0 Å². The van der Waals surface area contributed by atoms with E-state index in [1.165, 1.54) is 77.1 Å². The lowest BCUT2D eigenvalue weighted by Gasteiger charge is -2.36. The van der Waals surface area contributed by atoms with Crippen molar-refractivity contribution in [2.75, 3.05) is 9.80 Å². The van der Waals surface area contributed by atoms with Crippen molar-refractivity contribution in [3.8, 4) is 27.9 Å². The van der Waals surface area contributed by atoms with Crippen LogP contribution in [0.4, 0.5) is 34.1 Å². The number of para-hydroxylation sites is 5. The maximum absolute atomic E-state index is 2.54. The van der Waals surface area contributed by atoms with Crippen LogP contribution in [0.15, 0.2) is 261 Å². The van der Waals surface area contributed by atoms with Crippen LogP contribution in [0, 0.1) is 0 Å². The second-order valence-corrected chi connectivity index (χ2v) is 18.0. The molecule has 2 aliphatic rings. The van der Waals surface area contributed by atoms with Crippen molar-refractivity contribution in [1.29, 1.82) is 0 Å². The van der Waals surface area contributed by atoms with Gasteiger partial charge in [0.2, 0.25) is 0 Å². The molecular weight excluding hydrogens is 823 g/mol. The first kappa shape index (κ1) is 38.4. The van der Waals surface area contributed by atoms with Crippen LogP contribution in [0.25, 0.3) is 60.5 Å². The van der Waals surface area contributed by atoms with Crippen molar-refractivity contribution in [3.63, 3.8) is 0 Å². The van der Waals surface area contributed by atoms with Gasteiger partial charge in [0.1, 0.15) is 0 Å². The molecule has 14 rings (SSSR count). The molecule has 68 heavy (non-hydrogen) atoms. The zero-order chi connectivity index (χ0) is 44.8. The Hall–Kier alpha value is -8.92. The largest absolute Gasteiger partial charge is 0.310 e. The number of aromatic nitrogens is 1. The first-order valence-electron chi connectivity index (χ1n) is 23.5. The van der Waals surface area contributed by atoms with Gasteiger partial charge < -0.3 is 14.4 Å². The van der Waals surface area contributed by atoms with E-state index in [4.69, 9.17) is 0 Å². The van der Waals surface area contributed by atoms with Crippen LogP contribution in [-0.4, -0.2) is 4.57 Å². The van der Waals surface area contributed by atoms with Crippen LogP contribution >= 0.6 is 0 Å².